The number of aromatic nitrogens is 1. The molecule has 10 heteroatoms. The molecule has 1 aromatic heterocycles. The molecule has 2 aromatic carbocycles. The molecule has 0 saturated heterocycles. The van der Waals surface area contributed by atoms with Gasteiger partial charge in [0.25, 0.3) is 0 Å². The highest BCUT2D eigenvalue weighted by Crippen LogP contribution is 2.37. The van der Waals surface area contributed by atoms with E-state index in [9.17, 15) is 22.7 Å². The predicted molar refractivity (Wildman–Crippen MR) is 125 cm³/mol. The van der Waals surface area contributed by atoms with E-state index in [1.807, 2.05) is 0 Å². The molecule has 0 bridgehead atoms. The summed E-state index contributed by atoms with van der Waals surface area (Å²) in [5, 5.41) is 10.0. The molecule has 3 N–H and O–H groups in total. The van der Waals surface area contributed by atoms with Crippen molar-refractivity contribution in [1.82, 2.24) is 8.87 Å². The first kappa shape index (κ1) is 25.5. The molecular formula is C22H25ClFN3O4S. The van der Waals surface area contributed by atoms with Crippen LogP contribution in [0.15, 0.2) is 59.3 Å². The van der Waals surface area contributed by atoms with Gasteiger partial charge in [-0.15, -0.1) is 12.4 Å². The summed E-state index contributed by atoms with van der Waals surface area (Å²) in [5.74, 6) is -1.50. The highest BCUT2D eigenvalue weighted by atomic mass is 35.5. The average Bonchev–Trinajstić information content (AvgIpc) is 2.99. The molecule has 7 nitrogen and oxygen atoms in total. The third-order valence-corrected chi connectivity index (χ3v) is 6.93. The van der Waals surface area contributed by atoms with Crippen molar-refractivity contribution in [2.45, 2.75) is 18.4 Å². The van der Waals surface area contributed by atoms with E-state index >= 15 is 0 Å². The van der Waals surface area contributed by atoms with Gasteiger partial charge in [-0.1, -0.05) is 12.1 Å². The number of carboxylic acid groups (broad SMARTS) is 1. The van der Waals surface area contributed by atoms with Crippen LogP contribution >= 0.6 is 12.4 Å². The Morgan fingerprint density at radius 3 is 2.50 bits per heavy atom. The second kappa shape index (κ2) is 9.83. The molecule has 0 amide bonds. The first-order valence-electron chi connectivity index (χ1n) is 9.51. The second-order valence-corrected chi connectivity index (χ2v) is 9.44. The van der Waals surface area contributed by atoms with Gasteiger partial charge in [-0.2, -0.15) is 0 Å². The van der Waals surface area contributed by atoms with Gasteiger partial charge in [0.15, 0.2) is 0 Å². The summed E-state index contributed by atoms with van der Waals surface area (Å²) in [4.78, 5) is 11.6. The van der Waals surface area contributed by atoms with E-state index in [0.717, 1.165) is 4.31 Å². The van der Waals surface area contributed by atoms with Crippen LogP contribution in [0.2, 0.25) is 0 Å². The van der Waals surface area contributed by atoms with Gasteiger partial charge < -0.3 is 15.4 Å². The molecule has 0 aliphatic heterocycles. The molecule has 3 aromatic rings. The van der Waals surface area contributed by atoms with Gasteiger partial charge in [-0.3, -0.25) is 0 Å². The summed E-state index contributed by atoms with van der Waals surface area (Å²) in [6, 6.07) is 11.0. The van der Waals surface area contributed by atoms with Gasteiger partial charge in [0.1, 0.15) is 5.83 Å². The third kappa shape index (κ3) is 4.71. The summed E-state index contributed by atoms with van der Waals surface area (Å²) in [5.41, 5.74) is 8.05. The number of nitrogens with two attached hydrogens (primary N) is 1. The van der Waals surface area contributed by atoms with Crippen LogP contribution in [0.4, 0.5) is 4.39 Å². The van der Waals surface area contributed by atoms with Gasteiger partial charge in [-0.05, 0) is 48.9 Å². The van der Waals surface area contributed by atoms with E-state index in [0.29, 0.717) is 27.7 Å². The van der Waals surface area contributed by atoms with Crippen molar-refractivity contribution in [1.29, 1.82) is 0 Å². The molecule has 0 aliphatic carbocycles. The number of carboxylic acids is 1. The number of hydrogen-bond acceptors (Lipinski definition) is 4. The molecule has 0 aliphatic rings. The topological polar surface area (TPSA) is 106 Å². The van der Waals surface area contributed by atoms with Crippen LogP contribution < -0.4 is 5.73 Å². The van der Waals surface area contributed by atoms with Crippen molar-refractivity contribution >= 4 is 39.3 Å². The minimum Gasteiger partial charge on any atom is -0.478 e. The van der Waals surface area contributed by atoms with E-state index < -0.39 is 21.8 Å². The third-order valence-electron chi connectivity index (χ3n) is 5.12. The van der Waals surface area contributed by atoms with Gasteiger partial charge >= 0.3 is 5.97 Å². The molecule has 3 rings (SSSR count). The monoisotopic (exact) mass is 481 g/mol. The molecule has 0 saturated carbocycles. The van der Waals surface area contributed by atoms with Crippen LogP contribution in [0.25, 0.3) is 22.0 Å². The minimum absolute atomic E-state index is 0. The lowest BCUT2D eigenvalue weighted by molar-refractivity contribution is 0.0697. The Morgan fingerprint density at radius 1 is 1.22 bits per heavy atom. The van der Waals surface area contributed by atoms with Gasteiger partial charge in [-0.25, -0.2) is 21.9 Å². The maximum Gasteiger partial charge on any atom is 0.335 e. The Balaban J connectivity index is 0.00000363. The number of nitrogens with zero attached hydrogens (tertiary/aromatic N) is 2. The van der Waals surface area contributed by atoms with Crippen molar-refractivity contribution < 1.29 is 22.7 Å². The van der Waals surface area contributed by atoms with E-state index in [-0.39, 0.29) is 36.0 Å². The Morgan fingerprint density at radius 2 is 1.91 bits per heavy atom. The largest absolute Gasteiger partial charge is 0.478 e. The maximum atomic E-state index is 14.3. The molecule has 0 radical (unpaired) electrons. The first-order chi connectivity index (χ1) is 14.6. The summed E-state index contributed by atoms with van der Waals surface area (Å²) in [6.45, 7) is 1.78. The van der Waals surface area contributed by atoms with Gasteiger partial charge in [0, 0.05) is 42.8 Å². The first-order valence-corrected chi connectivity index (χ1v) is 11.0. The lowest BCUT2D eigenvalue weighted by Crippen LogP contribution is -2.22. The molecule has 0 unspecified atom stereocenters. The molecule has 32 heavy (non-hydrogen) atoms. The van der Waals surface area contributed by atoms with Gasteiger partial charge in [0.2, 0.25) is 10.0 Å². The molecule has 0 fully saturated rings. The fourth-order valence-electron chi connectivity index (χ4n) is 3.55. The Labute approximate surface area is 192 Å². The fourth-order valence-corrected chi connectivity index (χ4v) is 4.50. The zero-order valence-corrected chi connectivity index (χ0v) is 19.5. The van der Waals surface area contributed by atoms with Crippen LogP contribution in [0.3, 0.4) is 0 Å². The number of rotatable bonds is 7. The molecular weight excluding hydrogens is 457 g/mol. The smallest absolute Gasteiger partial charge is 0.335 e. The summed E-state index contributed by atoms with van der Waals surface area (Å²) in [6.07, 6.45) is 1.28. The molecule has 0 atom stereocenters. The van der Waals surface area contributed by atoms with Crippen molar-refractivity contribution in [2.75, 3.05) is 20.6 Å². The molecule has 172 valence electrons. The van der Waals surface area contributed by atoms with Crippen molar-refractivity contribution in [2.24, 2.45) is 5.73 Å². The van der Waals surface area contributed by atoms with Crippen LogP contribution in [-0.2, 0) is 16.6 Å². The highest BCUT2D eigenvalue weighted by Gasteiger charge is 2.21. The molecule has 0 spiro atoms. The number of sulfonamides is 1. The number of benzene rings is 2. The van der Waals surface area contributed by atoms with E-state index in [4.69, 9.17) is 5.73 Å². The van der Waals surface area contributed by atoms with Crippen molar-refractivity contribution in [3.8, 4) is 11.1 Å². The number of hydrogen-bond donors (Lipinski definition) is 2. The standard InChI is InChI=1S/C22H24FN3O4S.ClH/c1-14-21(15-5-4-6-18(11-15)31(29,30)25(2)3)19-12-16(22(27)28)7-8-20(19)26(14)13-17(23)9-10-24;/h4-9,11-12H,10,13,24H2,1-3H3,(H,27,28);1H/b17-9-;. The lowest BCUT2D eigenvalue weighted by Gasteiger charge is -2.13. The maximum absolute atomic E-state index is 14.3. The van der Waals surface area contributed by atoms with Crippen molar-refractivity contribution in [3.05, 3.63) is 65.6 Å². The zero-order valence-electron chi connectivity index (χ0n) is 17.9. The summed E-state index contributed by atoms with van der Waals surface area (Å²) >= 11 is 0. The predicted octanol–water partition coefficient (Wildman–Crippen LogP) is 3.80. The number of carbonyl (C=O) groups is 1. The lowest BCUT2D eigenvalue weighted by atomic mass is 10.0. The Bertz CT molecular complexity index is 1300. The minimum atomic E-state index is -3.67. The van der Waals surface area contributed by atoms with E-state index in [1.54, 1.807) is 35.8 Å². The Hall–Kier alpha value is -2.72. The highest BCUT2D eigenvalue weighted by molar-refractivity contribution is 7.89. The second-order valence-electron chi connectivity index (χ2n) is 7.29. The Kier molecular flexibility index (Phi) is 7.84. The normalized spacial score (nSPS) is 12.2. The quantitative estimate of drug-likeness (QED) is 0.534. The summed E-state index contributed by atoms with van der Waals surface area (Å²) < 4.78 is 42.4. The molecule has 1 heterocycles. The average molecular weight is 482 g/mol. The van der Waals surface area contributed by atoms with Crippen LogP contribution in [0.5, 0.6) is 0 Å². The zero-order chi connectivity index (χ0) is 22.9. The number of allylic oxidation sites excluding steroid dienone is 1. The van der Waals surface area contributed by atoms with Crippen LogP contribution in [0, 0.1) is 6.92 Å². The SMILES string of the molecule is Cc1c(-c2cccc(S(=O)(=O)N(C)C)c2)c2cc(C(=O)O)ccc2n1C/C(F)=C/CN.Cl. The van der Waals surface area contributed by atoms with Crippen LogP contribution in [0.1, 0.15) is 16.1 Å². The van der Waals surface area contributed by atoms with Crippen LogP contribution in [-0.4, -0.2) is 49.0 Å². The van der Waals surface area contributed by atoms with E-state index in [2.05, 4.69) is 0 Å². The number of halogens is 2. The van der Waals surface area contributed by atoms with E-state index in [1.165, 1.54) is 38.4 Å². The fraction of sp³-hybridized carbons (Fsp3) is 0.227. The van der Waals surface area contributed by atoms with Gasteiger partial charge in [0.05, 0.1) is 17.0 Å². The number of fused-ring (bicyclic) bond motifs is 1. The number of aromatic carboxylic acids is 1. The van der Waals surface area contributed by atoms with Crippen molar-refractivity contribution in [3.63, 3.8) is 0 Å². The summed E-state index contributed by atoms with van der Waals surface area (Å²) in [7, 11) is -0.767.